The summed E-state index contributed by atoms with van der Waals surface area (Å²) in [6.45, 7) is 0. The second-order valence-corrected chi connectivity index (χ2v) is 6.46. The Labute approximate surface area is 162 Å². The number of aromatic nitrogens is 1. The molecule has 0 fully saturated rings. The first-order chi connectivity index (χ1) is 13.5. The Morgan fingerprint density at radius 2 is 1.36 bits per heavy atom. The van der Waals surface area contributed by atoms with Crippen LogP contribution in [0.1, 0.15) is 57.0 Å². The van der Waals surface area contributed by atoms with Gasteiger partial charge in [-0.25, -0.2) is 4.98 Å². The highest BCUT2D eigenvalue weighted by atomic mass is 16.2. The van der Waals surface area contributed by atoms with Crippen LogP contribution in [-0.4, -0.2) is 28.1 Å². The van der Waals surface area contributed by atoms with Crippen molar-refractivity contribution in [2.75, 3.05) is 0 Å². The molecule has 1 heterocycles. The molecule has 0 saturated heterocycles. The van der Waals surface area contributed by atoms with Crippen LogP contribution in [0.4, 0.5) is 0 Å². The summed E-state index contributed by atoms with van der Waals surface area (Å²) < 4.78 is 0. The highest BCUT2D eigenvalue weighted by molar-refractivity contribution is 6.15. The zero-order chi connectivity index (χ0) is 19.9. The molecule has 3 rings (SSSR count). The maximum atomic E-state index is 12.4. The number of carbonyl (C=O) groups excluding carboxylic acids is 4. The lowest BCUT2D eigenvalue weighted by molar-refractivity contribution is -0.114. The number of ketones is 4. The van der Waals surface area contributed by atoms with E-state index < -0.39 is 11.6 Å². The Kier molecular flexibility index (Phi) is 6.17. The lowest BCUT2D eigenvalue weighted by Gasteiger charge is -2.06. The van der Waals surface area contributed by atoms with E-state index in [1.165, 1.54) is 18.2 Å². The van der Waals surface area contributed by atoms with Crippen molar-refractivity contribution in [2.45, 2.75) is 25.7 Å². The lowest BCUT2D eigenvalue weighted by atomic mass is 9.99. The van der Waals surface area contributed by atoms with Crippen molar-refractivity contribution < 1.29 is 19.2 Å². The van der Waals surface area contributed by atoms with E-state index in [-0.39, 0.29) is 35.8 Å². The van der Waals surface area contributed by atoms with E-state index in [2.05, 4.69) is 4.98 Å². The summed E-state index contributed by atoms with van der Waals surface area (Å²) in [4.78, 5) is 53.3. The second-order valence-electron chi connectivity index (χ2n) is 6.46. The smallest absolute Gasteiger partial charge is 0.188 e. The van der Waals surface area contributed by atoms with E-state index in [9.17, 15) is 19.2 Å². The molecule has 0 amide bonds. The molecular formula is C23H19NO4. The highest BCUT2D eigenvalue weighted by Gasteiger charge is 2.19. The van der Waals surface area contributed by atoms with Gasteiger partial charge in [0.25, 0.3) is 0 Å². The van der Waals surface area contributed by atoms with Gasteiger partial charge in [0.1, 0.15) is 11.4 Å². The van der Waals surface area contributed by atoms with Gasteiger partial charge in [-0.3, -0.25) is 19.2 Å². The third kappa shape index (κ3) is 4.82. The van der Waals surface area contributed by atoms with Crippen molar-refractivity contribution in [3.63, 3.8) is 0 Å². The molecule has 0 aliphatic heterocycles. The number of hydrogen-bond acceptors (Lipinski definition) is 5. The number of pyridine rings is 1. The largest absolute Gasteiger partial charge is 0.294 e. The van der Waals surface area contributed by atoms with Gasteiger partial charge in [0.15, 0.2) is 23.1 Å². The van der Waals surface area contributed by atoms with Crippen LogP contribution in [0.15, 0.2) is 72.3 Å². The fourth-order valence-corrected chi connectivity index (χ4v) is 2.87. The molecule has 0 saturated carbocycles. The van der Waals surface area contributed by atoms with Crippen molar-refractivity contribution in [2.24, 2.45) is 0 Å². The first-order valence-electron chi connectivity index (χ1n) is 9.06. The minimum absolute atomic E-state index is 0.0411. The van der Waals surface area contributed by atoms with E-state index in [0.29, 0.717) is 11.1 Å². The van der Waals surface area contributed by atoms with Gasteiger partial charge in [-0.05, 0) is 25.0 Å². The van der Waals surface area contributed by atoms with Crippen LogP contribution in [0.5, 0.6) is 0 Å². The molecule has 0 spiro atoms. The van der Waals surface area contributed by atoms with Gasteiger partial charge in [0, 0.05) is 11.1 Å². The Bertz CT molecular complexity index is 987. The molecule has 5 nitrogen and oxygen atoms in total. The number of carbonyl (C=O) groups is 4. The summed E-state index contributed by atoms with van der Waals surface area (Å²) in [6, 6.07) is 13.0. The van der Waals surface area contributed by atoms with Crippen LogP contribution < -0.4 is 0 Å². The summed E-state index contributed by atoms with van der Waals surface area (Å²) >= 11 is 0. The van der Waals surface area contributed by atoms with Crippen LogP contribution >= 0.6 is 0 Å². The van der Waals surface area contributed by atoms with Crippen LogP contribution in [-0.2, 0) is 4.79 Å². The molecule has 2 aromatic rings. The summed E-state index contributed by atoms with van der Waals surface area (Å²) in [5, 5.41) is 0. The zero-order valence-electron chi connectivity index (χ0n) is 15.3. The molecule has 0 N–H and O–H groups in total. The fourth-order valence-electron chi connectivity index (χ4n) is 2.87. The van der Waals surface area contributed by atoms with Gasteiger partial charge in [0.2, 0.25) is 0 Å². The van der Waals surface area contributed by atoms with E-state index in [4.69, 9.17) is 0 Å². The first-order valence-corrected chi connectivity index (χ1v) is 9.06. The summed E-state index contributed by atoms with van der Waals surface area (Å²) in [7, 11) is 0. The molecule has 0 unspecified atom stereocenters. The number of allylic oxidation sites excluding steroid dienone is 4. The number of benzene rings is 1. The maximum absolute atomic E-state index is 12.4. The van der Waals surface area contributed by atoms with E-state index >= 15 is 0 Å². The quantitative estimate of drug-likeness (QED) is 0.517. The van der Waals surface area contributed by atoms with Gasteiger partial charge >= 0.3 is 0 Å². The van der Waals surface area contributed by atoms with E-state index in [1.54, 1.807) is 36.4 Å². The number of Topliss-reactive ketones (excluding diaryl/α,β-unsaturated/α-hetero) is 4. The van der Waals surface area contributed by atoms with Crippen LogP contribution in [0.25, 0.3) is 0 Å². The Morgan fingerprint density at radius 1 is 0.714 bits per heavy atom. The number of hydrogen-bond donors (Lipinski definition) is 0. The maximum Gasteiger partial charge on any atom is 0.188 e. The third-order valence-electron chi connectivity index (χ3n) is 4.38. The molecule has 140 valence electrons. The zero-order valence-corrected chi connectivity index (χ0v) is 15.3. The molecule has 1 aromatic heterocycles. The van der Waals surface area contributed by atoms with Crippen LogP contribution in [0.2, 0.25) is 0 Å². The summed E-state index contributed by atoms with van der Waals surface area (Å²) in [6.07, 6.45) is 6.48. The average molecular weight is 373 g/mol. The minimum atomic E-state index is -0.465. The van der Waals surface area contributed by atoms with Gasteiger partial charge in [-0.2, -0.15) is 0 Å². The molecule has 1 aromatic carbocycles. The molecule has 5 heteroatoms. The first kappa shape index (κ1) is 19.3. The Hall–Kier alpha value is -3.47. The van der Waals surface area contributed by atoms with Crippen molar-refractivity contribution >= 4 is 23.1 Å². The number of nitrogens with zero attached hydrogens (tertiary/aromatic N) is 1. The van der Waals surface area contributed by atoms with Gasteiger partial charge in [-0.15, -0.1) is 0 Å². The van der Waals surface area contributed by atoms with Crippen molar-refractivity contribution in [3.8, 4) is 0 Å². The predicted molar refractivity (Wildman–Crippen MR) is 104 cm³/mol. The molecule has 1 aliphatic carbocycles. The second kappa shape index (κ2) is 8.95. The Morgan fingerprint density at radius 3 is 1.96 bits per heavy atom. The van der Waals surface area contributed by atoms with E-state index in [0.717, 1.165) is 12.8 Å². The summed E-state index contributed by atoms with van der Waals surface area (Å²) in [5.74, 6) is -1.49. The van der Waals surface area contributed by atoms with E-state index in [1.807, 2.05) is 12.2 Å². The van der Waals surface area contributed by atoms with Gasteiger partial charge in [0.05, 0.1) is 12.8 Å². The normalized spacial score (nSPS) is 12.9. The SMILES string of the molecule is O=C(CC(=O)c1cccc(C(=O)CC(=O)c2ccccc2)n1)C1=CCCC=C1. The predicted octanol–water partition coefficient (Wildman–Crippen LogP) is 3.96. The highest BCUT2D eigenvalue weighted by Crippen LogP contribution is 2.14. The topological polar surface area (TPSA) is 81.2 Å². The molecule has 0 atom stereocenters. The molecule has 0 radical (unpaired) electrons. The van der Waals surface area contributed by atoms with Gasteiger partial charge in [-0.1, -0.05) is 54.6 Å². The minimum Gasteiger partial charge on any atom is -0.294 e. The van der Waals surface area contributed by atoms with Crippen molar-refractivity contribution in [1.29, 1.82) is 0 Å². The molecule has 1 aliphatic rings. The van der Waals surface area contributed by atoms with Crippen LogP contribution in [0.3, 0.4) is 0 Å². The standard InChI is InChI=1S/C23H19NO4/c25-20(16-8-3-1-4-9-16)14-22(27)18-12-7-13-19(24-18)23(28)15-21(26)17-10-5-2-6-11-17/h1,3-5,7-13H,2,6,14-15H2. The average Bonchev–Trinajstić information content (AvgIpc) is 2.75. The van der Waals surface area contributed by atoms with Crippen molar-refractivity contribution in [1.82, 2.24) is 4.98 Å². The van der Waals surface area contributed by atoms with Crippen LogP contribution in [0, 0.1) is 0 Å². The van der Waals surface area contributed by atoms with Crippen molar-refractivity contribution in [3.05, 3.63) is 89.3 Å². The monoisotopic (exact) mass is 373 g/mol. The third-order valence-corrected chi connectivity index (χ3v) is 4.38. The lowest BCUT2D eigenvalue weighted by Crippen LogP contribution is -2.15. The molecule has 28 heavy (non-hydrogen) atoms. The molecule has 0 bridgehead atoms. The number of rotatable bonds is 8. The fraction of sp³-hybridized carbons (Fsp3) is 0.174. The summed E-state index contributed by atoms with van der Waals surface area (Å²) in [5.41, 5.74) is 1.06. The molecular weight excluding hydrogens is 354 g/mol. The Balaban J connectivity index is 1.67. The van der Waals surface area contributed by atoms with Gasteiger partial charge < -0.3 is 0 Å².